The van der Waals surface area contributed by atoms with Crippen molar-refractivity contribution in [2.45, 2.75) is 13.0 Å². The molecule has 0 saturated carbocycles. The average molecular weight is 268 g/mol. The van der Waals surface area contributed by atoms with Crippen molar-refractivity contribution in [3.8, 4) is 0 Å². The van der Waals surface area contributed by atoms with E-state index in [9.17, 15) is 8.42 Å². The summed E-state index contributed by atoms with van der Waals surface area (Å²) in [5.74, 6) is 0.458. The Kier molecular flexibility index (Phi) is 11.4. The summed E-state index contributed by atoms with van der Waals surface area (Å²) in [5.41, 5.74) is 0. The second-order valence-electron chi connectivity index (χ2n) is 3.23. The molecule has 0 saturated heterocycles. The Balaban J connectivity index is 0. The maximum absolute atomic E-state index is 10.5. The number of aliphatic hydroxyl groups is 2. The molecule has 0 fully saturated rings. The zero-order valence-corrected chi connectivity index (χ0v) is 9.59. The molecule has 0 aromatic rings. The van der Waals surface area contributed by atoms with Crippen LogP contribution in [0.1, 0.15) is 6.92 Å². The van der Waals surface area contributed by atoms with Gasteiger partial charge in [-0.15, -0.1) is 0 Å². The number of aliphatic hydroxyl groups excluding tert-OH is 2. The van der Waals surface area contributed by atoms with E-state index in [1.165, 1.54) is 11.8 Å². The fourth-order valence-corrected chi connectivity index (χ4v) is 2.89. The fraction of sp³-hybridized carbons (Fsp3) is 1.00. The summed E-state index contributed by atoms with van der Waals surface area (Å²) in [7, 11) is -3.90. The first-order valence-electron chi connectivity index (χ1n) is 4.17. The Morgan fingerprint density at radius 1 is 1.33 bits per heavy atom. The van der Waals surface area contributed by atoms with Crippen molar-refractivity contribution in [1.82, 2.24) is 0 Å². The van der Waals surface area contributed by atoms with Gasteiger partial charge in [0.15, 0.2) is 0 Å². The third-order valence-corrected chi connectivity index (χ3v) is 3.83. The van der Waals surface area contributed by atoms with Crippen LogP contribution < -0.4 is 0 Å². The quantitative estimate of drug-likeness (QED) is 0.403. The third kappa shape index (κ3) is 13.1. The number of hydrogen-bond acceptors (Lipinski definition) is 5. The van der Waals surface area contributed by atoms with E-state index < -0.39 is 16.2 Å². The Hall–Kier alpha value is 1.18. The van der Waals surface area contributed by atoms with Crippen LogP contribution in [-0.2, 0) is 10.1 Å². The van der Waals surface area contributed by atoms with E-state index in [1.54, 1.807) is 6.92 Å². The minimum absolute atomic E-state index is 0. The maximum atomic E-state index is 10.5. The molecule has 0 rings (SSSR count). The zero-order chi connectivity index (χ0) is 11.2. The van der Waals surface area contributed by atoms with Gasteiger partial charge in [0, 0.05) is 5.75 Å². The fourth-order valence-electron chi connectivity index (χ4n) is 0.866. The Morgan fingerprint density at radius 2 is 1.87 bits per heavy atom. The molecule has 8 heteroatoms. The van der Waals surface area contributed by atoms with Crippen LogP contribution in [0.4, 0.5) is 0 Å². The van der Waals surface area contributed by atoms with Crippen LogP contribution in [0.25, 0.3) is 0 Å². The van der Waals surface area contributed by atoms with Gasteiger partial charge >= 0.3 is 29.6 Å². The molecule has 15 heavy (non-hydrogen) atoms. The van der Waals surface area contributed by atoms with E-state index in [1.807, 2.05) is 0 Å². The Morgan fingerprint density at radius 3 is 2.27 bits per heavy atom. The van der Waals surface area contributed by atoms with Gasteiger partial charge in [-0.3, -0.25) is 4.55 Å². The summed E-state index contributed by atoms with van der Waals surface area (Å²) in [6.07, 6.45) is -0.766. The second kappa shape index (κ2) is 9.23. The standard InChI is InChI=1S/C7H16O5S2.Na.H/c1-6(5-14(10,11)12)3-13-4-7(9)2-8;;/h6-9H,2-5H2,1H3,(H,10,11,12);;. The topological polar surface area (TPSA) is 94.8 Å². The van der Waals surface area contributed by atoms with Crippen LogP contribution in [0.3, 0.4) is 0 Å². The molecule has 0 aliphatic rings. The van der Waals surface area contributed by atoms with Crippen molar-refractivity contribution in [2.24, 2.45) is 5.92 Å². The number of thioether (sulfide) groups is 1. The van der Waals surface area contributed by atoms with E-state index in [0.29, 0.717) is 11.5 Å². The molecular weight excluding hydrogens is 251 g/mol. The van der Waals surface area contributed by atoms with E-state index in [-0.39, 0.29) is 47.8 Å². The minimum atomic E-state index is -3.90. The van der Waals surface area contributed by atoms with Crippen LogP contribution in [0.2, 0.25) is 0 Å². The van der Waals surface area contributed by atoms with Gasteiger partial charge in [0.25, 0.3) is 10.1 Å². The third-order valence-electron chi connectivity index (χ3n) is 1.42. The van der Waals surface area contributed by atoms with E-state index in [4.69, 9.17) is 14.8 Å². The summed E-state index contributed by atoms with van der Waals surface area (Å²) in [4.78, 5) is 0. The first-order chi connectivity index (χ1) is 6.35. The Labute approximate surface area is 117 Å². The van der Waals surface area contributed by atoms with Gasteiger partial charge < -0.3 is 10.2 Å². The van der Waals surface area contributed by atoms with Gasteiger partial charge in [-0.05, 0) is 11.7 Å². The molecule has 2 atom stereocenters. The van der Waals surface area contributed by atoms with Gasteiger partial charge in [-0.25, -0.2) is 0 Å². The summed E-state index contributed by atoms with van der Waals surface area (Å²) in [6, 6.07) is 0. The predicted molar refractivity (Wildman–Crippen MR) is 63.1 cm³/mol. The molecule has 0 radical (unpaired) electrons. The van der Waals surface area contributed by atoms with Crippen LogP contribution in [-0.4, -0.2) is 82.7 Å². The molecule has 2 unspecified atom stereocenters. The average Bonchev–Trinajstić information content (AvgIpc) is 2.00. The van der Waals surface area contributed by atoms with Gasteiger partial charge in [0.05, 0.1) is 18.5 Å². The monoisotopic (exact) mass is 268 g/mol. The van der Waals surface area contributed by atoms with Crippen LogP contribution in [0.5, 0.6) is 0 Å². The molecule has 0 amide bonds. The summed E-state index contributed by atoms with van der Waals surface area (Å²) in [5, 5.41) is 17.5. The molecule has 3 N–H and O–H groups in total. The van der Waals surface area contributed by atoms with Gasteiger partial charge in [-0.2, -0.15) is 20.2 Å². The zero-order valence-electron chi connectivity index (χ0n) is 7.96. The van der Waals surface area contributed by atoms with Crippen LogP contribution in [0, 0.1) is 5.92 Å². The summed E-state index contributed by atoms with van der Waals surface area (Å²) < 4.78 is 29.4. The molecule has 0 heterocycles. The molecule has 0 bridgehead atoms. The van der Waals surface area contributed by atoms with Crippen molar-refractivity contribution < 1.29 is 23.2 Å². The molecule has 0 aliphatic heterocycles. The van der Waals surface area contributed by atoms with E-state index >= 15 is 0 Å². The molecule has 0 aromatic carbocycles. The number of hydrogen-bond donors (Lipinski definition) is 3. The molecule has 5 nitrogen and oxygen atoms in total. The van der Waals surface area contributed by atoms with Crippen molar-refractivity contribution in [1.29, 1.82) is 0 Å². The molecular formula is C7H17NaO5S2. The van der Waals surface area contributed by atoms with Crippen molar-refractivity contribution in [3.05, 3.63) is 0 Å². The first-order valence-corrected chi connectivity index (χ1v) is 6.93. The Bertz CT molecular complexity index is 244. The molecule has 0 aliphatic carbocycles. The second-order valence-corrected chi connectivity index (χ2v) is 5.80. The summed E-state index contributed by atoms with van der Waals surface area (Å²) in [6.45, 7) is 1.41. The normalized spacial score (nSPS) is 15.5. The molecule has 0 spiro atoms. The number of rotatable bonds is 7. The van der Waals surface area contributed by atoms with Crippen molar-refractivity contribution in [2.75, 3.05) is 23.9 Å². The van der Waals surface area contributed by atoms with Gasteiger partial charge in [0.2, 0.25) is 0 Å². The summed E-state index contributed by atoms with van der Waals surface area (Å²) >= 11 is 1.35. The molecule has 88 valence electrons. The molecule has 0 aromatic heterocycles. The van der Waals surface area contributed by atoms with E-state index in [2.05, 4.69) is 0 Å². The van der Waals surface area contributed by atoms with Crippen molar-refractivity contribution in [3.63, 3.8) is 0 Å². The predicted octanol–water partition coefficient (Wildman–Crippen LogP) is -1.05. The van der Waals surface area contributed by atoms with Gasteiger partial charge in [0.1, 0.15) is 0 Å². The van der Waals surface area contributed by atoms with E-state index in [0.717, 1.165) is 0 Å². The van der Waals surface area contributed by atoms with Crippen LogP contribution >= 0.6 is 11.8 Å². The van der Waals surface area contributed by atoms with Crippen LogP contribution in [0.15, 0.2) is 0 Å². The first kappa shape index (κ1) is 18.5. The van der Waals surface area contributed by atoms with Crippen molar-refractivity contribution >= 4 is 51.4 Å². The SMILES string of the molecule is CC(CSCC(O)CO)CS(=O)(=O)O.[NaH]. The van der Waals surface area contributed by atoms with Gasteiger partial charge in [-0.1, -0.05) is 6.92 Å².